The molecule has 0 amide bonds. The summed E-state index contributed by atoms with van der Waals surface area (Å²) in [6.45, 7) is 3.37. The first-order chi connectivity index (χ1) is 9.83. The third kappa shape index (κ3) is 2.98. The van der Waals surface area contributed by atoms with E-state index in [1.54, 1.807) is 17.2 Å². The summed E-state index contributed by atoms with van der Waals surface area (Å²) in [5.41, 5.74) is 1.02. The molecule has 2 heterocycles. The molecule has 20 heavy (non-hydrogen) atoms. The van der Waals surface area contributed by atoms with Crippen LogP contribution in [0.2, 0.25) is 0 Å². The topological polar surface area (TPSA) is 55.6 Å². The van der Waals surface area contributed by atoms with Gasteiger partial charge in [-0.05, 0) is 36.8 Å². The average molecular weight is 271 g/mol. The van der Waals surface area contributed by atoms with Gasteiger partial charge in [0.25, 0.3) is 0 Å². The van der Waals surface area contributed by atoms with Crippen molar-refractivity contribution in [1.29, 1.82) is 0 Å². The number of rotatable bonds is 4. The summed E-state index contributed by atoms with van der Waals surface area (Å²) >= 11 is 0. The van der Waals surface area contributed by atoms with Crippen molar-refractivity contribution in [1.82, 2.24) is 19.7 Å². The van der Waals surface area contributed by atoms with Gasteiger partial charge in [0.15, 0.2) is 5.82 Å². The molecule has 3 rings (SSSR count). The number of aromatic nitrogens is 4. The highest BCUT2D eigenvalue weighted by Gasteiger charge is 2.19. The van der Waals surface area contributed by atoms with Crippen molar-refractivity contribution in [2.75, 3.05) is 11.9 Å². The van der Waals surface area contributed by atoms with E-state index in [1.165, 1.54) is 32.0 Å². The molecule has 1 N–H and O–H groups in total. The Balaban J connectivity index is 1.68. The van der Waals surface area contributed by atoms with Crippen molar-refractivity contribution in [3.63, 3.8) is 0 Å². The molecule has 2 aromatic heterocycles. The summed E-state index contributed by atoms with van der Waals surface area (Å²) in [7, 11) is 0. The molecular weight excluding hydrogens is 250 g/mol. The number of pyridine rings is 1. The van der Waals surface area contributed by atoms with Crippen LogP contribution in [-0.2, 0) is 0 Å². The van der Waals surface area contributed by atoms with Crippen LogP contribution in [0.25, 0.3) is 5.82 Å². The normalized spacial score (nSPS) is 22.6. The lowest BCUT2D eigenvalue weighted by Crippen LogP contribution is -2.21. The smallest absolute Gasteiger partial charge is 0.178 e. The van der Waals surface area contributed by atoms with Crippen molar-refractivity contribution in [3.8, 4) is 5.82 Å². The molecule has 0 spiro atoms. The van der Waals surface area contributed by atoms with Crippen LogP contribution in [0.4, 0.5) is 5.69 Å². The van der Waals surface area contributed by atoms with Crippen LogP contribution in [0, 0.1) is 11.8 Å². The summed E-state index contributed by atoms with van der Waals surface area (Å²) in [4.78, 5) is 8.38. The van der Waals surface area contributed by atoms with Gasteiger partial charge in [-0.3, -0.25) is 0 Å². The zero-order valence-electron chi connectivity index (χ0n) is 11.9. The fourth-order valence-corrected chi connectivity index (χ4v) is 3.03. The minimum atomic E-state index is 0.766. The van der Waals surface area contributed by atoms with E-state index in [4.69, 9.17) is 0 Å². The second kappa shape index (κ2) is 6.03. The van der Waals surface area contributed by atoms with Gasteiger partial charge in [0.1, 0.15) is 12.7 Å². The van der Waals surface area contributed by atoms with Crippen LogP contribution in [0.5, 0.6) is 0 Å². The number of nitrogens with one attached hydrogen (secondary N) is 1. The number of anilines is 1. The van der Waals surface area contributed by atoms with E-state index in [0.29, 0.717) is 0 Å². The van der Waals surface area contributed by atoms with Crippen LogP contribution in [0.3, 0.4) is 0 Å². The van der Waals surface area contributed by atoms with Crippen LogP contribution >= 0.6 is 0 Å². The average Bonchev–Trinajstić information content (AvgIpc) is 3.00. The lowest BCUT2D eigenvalue weighted by Gasteiger charge is -2.27. The highest BCUT2D eigenvalue weighted by molar-refractivity contribution is 5.56. The van der Waals surface area contributed by atoms with E-state index >= 15 is 0 Å². The van der Waals surface area contributed by atoms with Crippen molar-refractivity contribution >= 4 is 5.69 Å². The molecule has 5 heteroatoms. The van der Waals surface area contributed by atoms with Gasteiger partial charge in [0.05, 0.1) is 5.69 Å². The Hall–Kier alpha value is -1.91. The molecule has 0 aliphatic heterocycles. The maximum absolute atomic E-state index is 4.40. The van der Waals surface area contributed by atoms with Gasteiger partial charge in [0.2, 0.25) is 0 Å². The number of nitrogens with zero attached hydrogens (tertiary/aromatic N) is 4. The Kier molecular flexibility index (Phi) is 3.95. The predicted molar refractivity (Wildman–Crippen MR) is 78.8 cm³/mol. The maximum atomic E-state index is 4.40. The molecule has 2 aromatic rings. The van der Waals surface area contributed by atoms with Crippen LogP contribution in [0.1, 0.15) is 32.6 Å². The van der Waals surface area contributed by atoms with Gasteiger partial charge in [-0.25, -0.2) is 14.6 Å². The first-order valence-corrected chi connectivity index (χ1v) is 7.37. The molecule has 1 fully saturated rings. The summed E-state index contributed by atoms with van der Waals surface area (Å²) in [6, 6.07) is 4.00. The summed E-state index contributed by atoms with van der Waals surface area (Å²) in [5, 5.41) is 7.70. The summed E-state index contributed by atoms with van der Waals surface area (Å²) < 4.78 is 1.70. The Morgan fingerprint density at radius 3 is 3.15 bits per heavy atom. The SMILES string of the molecule is CC1CCCC(CNc2cccnc2-n2cncn2)C1. The zero-order chi connectivity index (χ0) is 13.8. The Bertz CT molecular complexity index is 537. The van der Waals surface area contributed by atoms with Gasteiger partial charge in [-0.2, -0.15) is 5.10 Å². The van der Waals surface area contributed by atoms with Crippen LogP contribution in [-0.4, -0.2) is 26.3 Å². The van der Waals surface area contributed by atoms with Crippen molar-refractivity contribution in [2.24, 2.45) is 11.8 Å². The van der Waals surface area contributed by atoms with Crippen molar-refractivity contribution in [3.05, 3.63) is 31.0 Å². The first-order valence-electron chi connectivity index (χ1n) is 7.37. The van der Waals surface area contributed by atoms with Crippen molar-refractivity contribution in [2.45, 2.75) is 32.6 Å². The molecule has 0 aromatic carbocycles. The fourth-order valence-electron chi connectivity index (χ4n) is 3.03. The number of hydrogen-bond donors (Lipinski definition) is 1. The molecule has 1 aliphatic rings. The van der Waals surface area contributed by atoms with Crippen LogP contribution in [0.15, 0.2) is 31.0 Å². The van der Waals surface area contributed by atoms with Crippen molar-refractivity contribution < 1.29 is 0 Å². The van der Waals surface area contributed by atoms with Crippen LogP contribution < -0.4 is 5.32 Å². The van der Waals surface area contributed by atoms with E-state index in [0.717, 1.165) is 29.9 Å². The molecule has 2 unspecified atom stereocenters. The molecule has 0 radical (unpaired) electrons. The lowest BCUT2D eigenvalue weighted by atomic mass is 9.82. The Morgan fingerprint density at radius 2 is 2.35 bits per heavy atom. The van der Waals surface area contributed by atoms with Gasteiger partial charge in [0, 0.05) is 12.7 Å². The molecule has 2 atom stereocenters. The molecule has 5 nitrogen and oxygen atoms in total. The molecule has 0 saturated heterocycles. The van der Waals surface area contributed by atoms with E-state index < -0.39 is 0 Å². The van der Waals surface area contributed by atoms with E-state index in [-0.39, 0.29) is 0 Å². The second-order valence-electron chi connectivity index (χ2n) is 5.73. The summed E-state index contributed by atoms with van der Waals surface area (Å²) in [6.07, 6.45) is 10.4. The molecule has 0 bridgehead atoms. The fraction of sp³-hybridized carbons (Fsp3) is 0.533. The third-order valence-corrected chi connectivity index (χ3v) is 4.05. The van der Waals surface area contributed by atoms with E-state index in [2.05, 4.69) is 33.4 Å². The Labute approximate surface area is 119 Å². The van der Waals surface area contributed by atoms with Gasteiger partial charge in [-0.1, -0.05) is 19.8 Å². The van der Waals surface area contributed by atoms with E-state index in [9.17, 15) is 0 Å². The highest BCUT2D eigenvalue weighted by Crippen LogP contribution is 2.29. The van der Waals surface area contributed by atoms with E-state index in [1.807, 2.05) is 6.07 Å². The summed E-state index contributed by atoms with van der Waals surface area (Å²) in [5.74, 6) is 2.44. The van der Waals surface area contributed by atoms with Gasteiger partial charge in [-0.15, -0.1) is 0 Å². The molecule has 106 valence electrons. The largest absolute Gasteiger partial charge is 0.382 e. The standard InChI is InChI=1S/C15H21N5/c1-12-4-2-5-13(8-12)9-18-14-6-3-7-17-15(14)20-11-16-10-19-20/h3,6-7,10-13,18H,2,4-5,8-9H2,1H3. The first kappa shape index (κ1) is 13.1. The Morgan fingerprint density at radius 1 is 1.40 bits per heavy atom. The highest BCUT2D eigenvalue weighted by atomic mass is 15.3. The second-order valence-corrected chi connectivity index (χ2v) is 5.73. The predicted octanol–water partition coefficient (Wildman–Crippen LogP) is 2.90. The minimum Gasteiger partial charge on any atom is -0.382 e. The molecule has 1 saturated carbocycles. The quantitative estimate of drug-likeness (QED) is 0.929. The third-order valence-electron chi connectivity index (χ3n) is 4.05. The zero-order valence-corrected chi connectivity index (χ0v) is 11.9. The molecular formula is C15H21N5. The minimum absolute atomic E-state index is 0.766. The van der Waals surface area contributed by atoms with Gasteiger partial charge >= 0.3 is 0 Å². The lowest BCUT2D eigenvalue weighted by molar-refractivity contribution is 0.293. The maximum Gasteiger partial charge on any atom is 0.178 e. The van der Waals surface area contributed by atoms with Gasteiger partial charge < -0.3 is 5.32 Å². The monoisotopic (exact) mass is 271 g/mol. The molecule has 1 aliphatic carbocycles. The number of hydrogen-bond acceptors (Lipinski definition) is 4.